The Morgan fingerprint density at radius 2 is 2.05 bits per heavy atom. The molecule has 0 unspecified atom stereocenters. The van der Waals surface area contributed by atoms with Gasteiger partial charge in [0, 0.05) is 32.6 Å². The lowest BCUT2D eigenvalue weighted by molar-refractivity contribution is -0.138. The van der Waals surface area contributed by atoms with Gasteiger partial charge in [-0.05, 0) is 30.9 Å². The standard InChI is InChI=1S/C16H20F2N2O2/c1-19-8-3-9-20(11-16(19)22)15(21)5-2-4-12-6-7-13(17)10-14(12)18/h6-7,10H,2-5,8-9,11H2,1H3. The molecule has 22 heavy (non-hydrogen) atoms. The summed E-state index contributed by atoms with van der Waals surface area (Å²) in [5.41, 5.74) is 0.404. The molecule has 1 aliphatic rings. The van der Waals surface area contributed by atoms with Crippen LogP contribution in [0.25, 0.3) is 0 Å². The first kappa shape index (κ1) is 16.4. The molecule has 1 aromatic carbocycles. The van der Waals surface area contributed by atoms with E-state index >= 15 is 0 Å². The lowest BCUT2D eigenvalue weighted by atomic mass is 10.1. The smallest absolute Gasteiger partial charge is 0.241 e. The van der Waals surface area contributed by atoms with Gasteiger partial charge in [-0.1, -0.05) is 6.07 Å². The average molecular weight is 310 g/mol. The van der Waals surface area contributed by atoms with Crippen molar-refractivity contribution in [1.29, 1.82) is 0 Å². The minimum Gasteiger partial charge on any atom is -0.344 e. The van der Waals surface area contributed by atoms with Gasteiger partial charge in [-0.3, -0.25) is 9.59 Å². The summed E-state index contributed by atoms with van der Waals surface area (Å²) < 4.78 is 26.3. The monoisotopic (exact) mass is 310 g/mol. The Bertz CT molecular complexity index is 563. The van der Waals surface area contributed by atoms with Crippen molar-refractivity contribution in [3.8, 4) is 0 Å². The van der Waals surface area contributed by atoms with E-state index in [1.165, 1.54) is 12.1 Å². The number of benzene rings is 1. The van der Waals surface area contributed by atoms with Gasteiger partial charge in [0.05, 0.1) is 6.54 Å². The molecule has 120 valence electrons. The predicted molar refractivity (Wildman–Crippen MR) is 78.1 cm³/mol. The number of likely N-dealkylation sites (N-methyl/N-ethyl adjacent to an activating group) is 1. The van der Waals surface area contributed by atoms with Crippen LogP contribution in [0.5, 0.6) is 0 Å². The molecule has 1 heterocycles. The van der Waals surface area contributed by atoms with Crippen molar-refractivity contribution >= 4 is 11.8 Å². The van der Waals surface area contributed by atoms with Gasteiger partial charge < -0.3 is 9.80 Å². The van der Waals surface area contributed by atoms with E-state index in [-0.39, 0.29) is 24.8 Å². The van der Waals surface area contributed by atoms with E-state index in [2.05, 4.69) is 0 Å². The lowest BCUT2D eigenvalue weighted by Crippen LogP contribution is -2.37. The molecule has 6 heteroatoms. The molecule has 0 N–H and O–H groups in total. The van der Waals surface area contributed by atoms with Crippen LogP contribution in [0.2, 0.25) is 0 Å². The van der Waals surface area contributed by atoms with Gasteiger partial charge in [0.25, 0.3) is 0 Å². The molecule has 0 bridgehead atoms. The largest absolute Gasteiger partial charge is 0.344 e. The number of hydrogen-bond acceptors (Lipinski definition) is 2. The normalized spacial score (nSPS) is 15.9. The molecule has 0 aliphatic carbocycles. The Kier molecular flexibility index (Phi) is 5.46. The summed E-state index contributed by atoms with van der Waals surface area (Å²) in [5, 5.41) is 0. The van der Waals surface area contributed by atoms with Crippen molar-refractivity contribution in [2.75, 3.05) is 26.7 Å². The maximum Gasteiger partial charge on any atom is 0.241 e. The van der Waals surface area contributed by atoms with Crippen molar-refractivity contribution < 1.29 is 18.4 Å². The maximum absolute atomic E-state index is 13.5. The molecule has 1 saturated heterocycles. The third-order valence-corrected chi connectivity index (χ3v) is 3.88. The van der Waals surface area contributed by atoms with Gasteiger partial charge in [-0.15, -0.1) is 0 Å². The molecule has 1 fully saturated rings. The molecular weight excluding hydrogens is 290 g/mol. The number of amides is 2. The Morgan fingerprint density at radius 3 is 2.77 bits per heavy atom. The first-order chi connectivity index (χ1) is 10.5. The number of rotatable bonds is 4. The predicted octanol–water partition coefficient (Wildman–Crippen LogP) is 1.98. The molecule has 0 spiro atoms. The van der Waals surface area contributed by atoms with E-state index in [0.29, 0.717) is 31.5 Å². The number of carbonyl (C=O) groups excluding carboxylic acids is 2. The summed E-state index contributed by atoms with van der Waals surface area (Å²) >= 11 is 0. The second-order valence-corrected chi connectivity index (χ2v) is 5.57. The summed E-state index contributed by atoms with van der Waals surface area (Å²) in [6.45, 7) is 1.34. The topological polar surface area (TPSA) is 40.6 Å². The lowest BCUT2D eigenvalue weighted by Gasteiger charge is -2.19. The zero-order chi connectivity index (χ0) is 16.1. The van der Waals surface area contributed by atoms with Crippen LogP contribution in [0.3, 0.4) is 0 Å². The van der Waals surface area contributed by atoms with Crippen molar-refractivity contribution in [3.63, 3.8) is 0 Å². The van der Waals surface area contributed by atoms with Gasteiger partial charge in [0.2, 0.25) is 11.8 Å². The quantitative estimate of drug-likeness (QED) is 0.853. The van der Waals surface area contributed by atoms with Crippen molar-refractivity contribution in [3.05, 3.63) is 35.4 Å². The van der Waals surface area contributed by atoms with Crippen LogP contribution >= 0.6 is 0 Å². The fraction of sp³-hybridized carbons (Fsp3) is 0.500. The minimum absolute atomic E-state index is 0.0598. The number of halogens is 2. The van der Waals surface area contributed by atoms with Crippen molar-refractivity contribution in [1.82, 2.24) is 9.80 Å². The van der Waals surface area contributed by atoms with Crippen molar-refractivity contribution in [2.45, 2.75) is 25.7 Å². The molecule has 0 aromatic heterocycles. The SMILES string of the molecule is CN1CCCN(C(=O)CCCc2ccc(F)cc2F)CC1=O. The molecular formula is C16H20F2N2O2. The highest BCUT2D eigenvalue weighted by molar-refractivity contribution is 5.85. The van der Waals surface area contributed by atoms with Gasteiger partial charge in [-0.2, -0.15) is 0 Å². The van der Waals surface area contributed by atoms with Gasteiger partial charge >= 0.3 is 0 Å². The van der Waals surface area contributed by atoms with Gasteiger partial charge in [0.15, 0.2) is 0 Å². The zero-order valence-corrected chi connectivity index (χ0v) is 12.6. The Balaban J connectivity index is 1.83. The molecule has 2 amide bonds. The number of nitrogens with zero attached hydrogens (tertiary/aromatic N) is 2. The van der Waals surface area contributed by atoms with Gasteiger partial charge in [0.1, 0.15) is 11.6 Å². The fourth-order valence-electron chi connectivity index (χ4n) is 2.51. The first-order valence-electron chi connectivity index (χ1n) is 7.43. The Labute approximate surface area is 128 Å². The van der Waals surface area contributed by atoms with E-state index in [9.17, 15) is 18.4 Å². The second-order valence-electron chi connectivity index (χ2n) is 5.57. The summed E-state index contributed by atoms with van der Waals surface area (Å²) in [5.74, 6) is -1.34. The molecule has 0 radical (unpaired) electrons. The fourth-order valence-corrected chi connectivity index (χ4v) is 2.51. The maximum atomic E-state index is 13.5. The Morgan fingerprint density at radius 1 is 1.27 bits per heavy atom. The molecule has 1 aliphatic heterocycles. The number of aryl methyl sites for hydroxylation is 1. The van der Waals surface area contributed by atoms with Gasteiger partial charge in [-0.25, -0.2) is 8.78 Å². The summed E-state index contributed by atoms with van der Waals surface area (Å²) in [4.78, 5) is 27.1. The van der Waals surface area contributed by atoms with E-state index in [1.54, 1.807) is 16.8 Å². The highest BCUT2D eigenvalue weighted by atomic mass is 19.1. The molecule has 4 nitrogen and oxygen atoms in total. The highest BCUT2D eigenvalue weighted by Gasteiger charge is 2.22. The van der Waals surface area contributed by atoms with Crippen molar-refractivity contribution in [2.24, 2.45) is 0 Å². The van der Waals surface area contributed by atoms with E-state index in [0.717, 1.165) is 12.5 Å². The first-order valence-corrected chi connectivity index (χ1v) is 7.43. The third kappa shape index (κ3) is 4.26. The molecule has 0 atom stereocenters. The third-order valence-electron chi connectivity index (χ3n) is 3.88. The molecule has 1 aromatic rings. The van der Waals surface area contributed by atoms with Crippen LogP contribution in [0.15, 0.2) is 18.2 Å². The van der Waals surface area contributed by atoms with Crippen LogP contribution in [0, 0.1) is 11.6 Å². The van der Waals surface area contributed by atoms with E-state index < -0.39 is 11.6 Å². The number of hydrogen-bond donors (Lipinski definition) is 0. The van der Waals surface area contributed by atoms with Crippen LogP contribution in [-0.4, -0.2) is 48.3 Å². The Hall–Kier alpha value is -1.98. The second kappa shape index (κ2) is 7.33. The molecule has 0 saturated carbocycles. The van der Waals surface area contributed by atoms with Crippen LogP contribution in [0.1, 0.15) is 24.8 Å². The molecule has 2 rings (SSSR count). The summed E-state index contributed by atoms with van der Waals surface area (Å²) in [6.07, 6.45) is 1.87. The minimum atomic E-state index is -0.607. The zero-order valence-electron chi connectivity index (χ0n) is 12.6. The average Bonchev–Trinajstić information content (AvgIpc) is 2.63. The number of carbonyl (C=O) groups is 2. The van der Waals surface area contributed by atoms with Crippen LogP contribution in [0.4, 0.5) is 8.78 Å². The van der Waals surface area contributed by atoms with Crippen LogP contribution < -0.4 is 0 Å². The van der Waals surface area contributed by atoms with E-state index in [1.807, 2.05) is 0 Å². The summed E-state index contributed by atoms with van der Waals surface area (Å²) in [7, 11) is 1.73. The summed E-state index contributed by atoms with van der Waals surface area (Å²) in [6, 6.07) is 3.46. The highest BCUT2D eigenvalue weighted by Crippen LogP contribution is 2.13. The van der Waals surface area contributed by atoms with E-state index in [4.69, 9.17) is 0 Å². The van der Waals surface area contributed by atoms with Crippen LogP contribution in [-0.2, 0) is 16.0 Å².